The molecule has 0 amide bonds. The number of rotatable bonds is 8. The van der Waals surface area contributed by atoms with Gasteiger partial charge in [-0.05, 0) is 63.5 Å². The van der Waals surface area contributed by atoms with Crippen LogP contribution in [0.25, 0.3) is 0 Å². The number of nitrogens with zero attached hydrogens (tertiary/aromatic N) is 1. The Morgan fingerprint density at radius 1 is 1.35 bits per heavy atom. The van der Waals surface area contributed by atoms with Gasteiger partial charge in [-0.25, -0.2) is 0 Å². The average molecular weight is 254 g/mol. The van der Waals surface area contributed by atoms with Gasteiger partial charge in [0.1, 0.15) is 0 Å². The van der Waals surface area contributed by atoms with E-state index >= 15 is 0 Å². The van der Waals surface area contributed by atoms with Crippen molar-refractivity contribution in [1.29, 1.82) is 0 Å². The SMILES string of the molecule is CCN(CC)CCCNC(C)c1sccc1C. The maximum absolute atomic E-state index is 3.61. The fourth-order valence-corrected chi connectivity index (χ4v) is 3.04. The zero-order valence-electron chi connectivity index (χ0n) is 11.6. The molecule has 0 radical (unpaired) electrons. The molecule has 0 saturated heterocycles. The van der Waals surface area contributed by atoms with Crippen LogP contribution in [0.5, 0.6) is 0 Å². The van der Waals surface area contributed by atoms with Gasteiger partial charge in [-0.15, -0.1) is 11.3 Å². The second-order valence-corrected chi connectivity index (χ2v) is 5.47. The van der Waals surface area contributed by atoms with Gasteiger partial charge in [0.15, 0.2) is 0 Å². The van der Waals surface area contributed by atoms with Crippen LogP contribution in [0, 0.1) is 6.92 Å². The second kappa shape index (κ2) is 7.85. The van der Waals surface area contributed by atoms with Gasteiger partial charge in [-0.1, -0.05) is 13.8 Å². The minimum Gasteiger partial charge on any atom is -0.309 e. The van der Waals surface area contributed by atoms with E-state index in [2.05, 4.69) is 49.4 Å². The maximum atomic E-state index is 3.61. The topological polar surface area (TPSA) is 15.3 Å². The first kappa shape index (κ1) is 14.7. The van der Waals surface area contributed by atoms with Gasteiger partial charge < -0.3 is 10.2 Å². The highest BCUT2D eigenvalue weighted by Gasteiger charge is 2.08. The summed E-state index contributed by atoms with van der Waals surface area (Å²) in [4.78, 5) is 3.95. The van der Waals surface area contributed by atoms with Crippen molar-refractivity contribution in [2.24, 2.45) is 0 Å². The Kier molecular flexibility index (Phi) is 6.78. The summed E-state index contributed by atoms with van der Waals surface area (Å²) in [7, 11) is 0. The zero-order chi connectivity index (χ0) is 12.7. The van der Waals surface area contributed by atoms with Crippen LogP contribution in [-0.4, -0.2) is 31.1 Å². The summed E-state index contributed by atoms with van der Waals surface area (Å²) in [5.74, 6) is 0. The van der Waals surface area contributed by atoms with Crippen molar-refractivity contribution in [2.75, 3.05) is 26.2 Å². The third kappa shape index (κ3) is 4.78. The highest BCUT2D eigenvalue weighted by atomic mass is 32.1. The van der Waals surface area contributed by atoms with E-state index < -0.39 is 0 Å². The van der Waals surface area contributed by atoms with Gasteiger partial charge in [-0.3, -0.25) is 0 Å². The Bertz CT molecular complexity index is 305. The molecule has 1 heterocycles. The number of hydrogen-bond acceptors (Lipinski definition) is 3. The lowest BCUT2D eigenvalue weighted by atomic mass is 10.2. The molecule has 1 atom stereocenters. The summed E-state index contributed by atoms with van der Waals surface area (Å²) >= 11 is 1.86. The summed E-state index contributed by atoms with van der Waals surface area (Å²) in [5, 5.41) is 5.79. The number of nitrogens with one attached hydrogen (secondary N) is 1. The zero-order valence-corrected chi connectivity index (χ0v) is 12.4. The summed E-state index contributed by atoms with van der Waals surface area (Å²) in [5.41, 5.74) is 1.42. The minimum absolute atomic E-state index is 0.492. The largest absolute Gasteiger partial charge is 0.309 e. The van der Waals surface area contributed by atoms with E-state index in [4.69, 9.17) is 0 Å². The molecule has 0 aliphatic rings. The molecule has 0 aromatic carbocycles. The van der Waals surface area contributed by atoms with E-state index in [1.54, 1.807) is 0 Å². The molecule has 1 aromatic heterocycles. The third-order valence-electron chi connectivity index (χ3n) is 3.29. The van der Waals surface area contributed by atoms with Crippen LogP contribution in [0.1, 0.15) is 43.7 Å². The van der Waals surface area contributed by atoms with E-state index in [9.17, 15) is 0 Å². The normalized spacial score (nSPS) is 13.2. The predicted molar refractivity (Wildman–Crippen MR) is 77.9 cm³/mol. The summed E-state index contributed by atoms with van der Waals surface area (Å²) in [6, 6.07) is 2.69. The molecule has 0 fully saturated rings. The summed E-state index contributed by atoms with van der Waals surface area (Å²) in [6.45, 7) is 13.6. The second-order valence-electron chi connectivity index (χ2n) is 4.52. The smallest absolute Gasteiger partial charge is 0.0388 e. The molecule has 3 heteroatoms. The van der Waals surface area contributed by atoms with E-state index in [0.717, 1.165) is 19.6 Å². The van der Waals surface area contributed by atoms with Crippen LogP contribution in [0.15, 0.2) is 11.4 Å². The molecule has 1 unspecified atom stereocenters. The van der Waals surface area contributed by atoms with E-state index in [1.807, 2.05) is 11.3 Å². The van der Waals surface area contributed by atoms with Gasteiger partial charge in [-0.2, -0.15) is 0 Å². The molecule has 0 saturated carbocycles. The molecule has 0 aliphatic heterocycles. The molecular weight excluding hydrogens is 228 g/mol. The molecule has 0 aliphatic carbocycles. The van der Waals surface area contributed by atoms with Gasteiger partial charge in [0.25, 0.3) is 0 Å². The van der Waals surface area contributed by atoms with Crippen LogP contribution in [-0.2, 0) is 0 Å². The van der Waals surface area contributed by atoms with Gasteiger partial charge in [0.2, 0.25) is 0 Å². The fraction of sp³-hybridized carbons (Fsp3) is 0.714. The third-order valence-corrected chi connectivity index (χ3v) is 4.49. The maximum Gasteiger partial charge on any atom is 0.0388 e. The van der Waals surface area contributed by atoms with Crippen molar-refractivity contribution in [3.8, 4) is 0 Å². The van der Waals surface area contributed by atoms with Crippen molar-refractivity contribution in [2.45, 2.75) is 40.2 Å². The Hall–Kier alpha value is -0.380. The highest BCUT2D eigenvalue weighted by molar-refractivity contribution is 7.10. The van der Waals surface area contributed by atoms with Crippen LogP contribution in [0.3, 0.4) is 0 Å². The van der Waals surface area contributed by atoms with Gasteiger partial charge in [0, 0.05) is 10.9 Å². The van der Waals surface area contributed by atoms with E-state index in [0.29, 0.717) is 6.04 Å². The first-order valence-corrected chi connectivity index (χ1v) is 7.56. The fourth-order valence-electron chi connectivity index (χ4n) is 2.08. The standard InChI is InChI=1S/C14H26N2S/c1-5-16(6-2)10-7-9-15-13(4)14-12(3)8-11-17-14/h8,11,13,15H,5-7,9-10H2,1-4H3. The molecule has 98 valence electrons. The van der Waals surface area contributed by atoms with Crippen molar-refractivity contribution in [1.82, 2.24) is 10.2 Å². The van der Waals surface area contributed by atoms with Crippen LogP contribution in [0.2, 0.25) is 0 Å². The van der Waals surface area contributed by atoms with Crippen molar-refractivity contribution < 1.29 is 0 Å². The Balaban J connectivity index is 2.21. The quantitative estimate of drug-likeness (QED) is 0.715. The lowest BCUT2D eigenvalue weighted by Gasteiger charge is -2.19. The average Bonchev–Trinajstić information content (AvgIpc) is 2.75. The summed E-state index contributed by atoms with van der Waals surface area (Å²) in [6.07, 6.45) is 1.23. The minimum atomic E-state index is 0.492. The first-order valence-electron chi connectivity index (χ1n) is 6.68. The van der Waals surface area contributed by atoms with Crippen LogP contribution in [0.4, 0.5) is 0 Å². The first-order chi connectivity index (χ1) is 8.19. The summed E-state index contributed by atoms with van der Waals surface area (Å²) < 4.78 is 0. The lowest BCUT2D eigenvalue weighted by Crippen LogP contribution is -2.28. The number of hydrogen-bond donors (Lipinski definition) is 1. The van der Waals surface area contributed by atoms with Crippen LogP contribution >= 0.6 is 11.3 Å². The highest BCUT2D eigenvalue weighted by Crippen LogP contribution is 2.23. The number of thiophene rings is 1. The van der Waals surface area contributed by atoms with Crippen molar-refractivity contribution in [3.05, 3.63) is 21.9 Å². The molecule has 1 N–H and O–H groups in total. The van der Waals surface area contributed by atoms with Crippen LogP contribution < -0.4 is 5.32 Å². The van der Waals surface area contributed by atoms with Gasteiger partial charge in [0.05, 0.1) is 0 Å². The molecule has 0 spiro atoms. The Morgan fingerprint density at radius 2 is 2.06 bits per heavy atom. The molecule has 1 aromatic rings. The predicted octanol–water partition coefficient (Wildman–Crippen LogP) is 3.44. The Labute approximate surface area is 110 Å². The van der Waals surface area contributed by atoms with E-state index in [-0.39, 0.29) is 0 Å². The molecule has 1 rings (SSSR count). The Morgan fingerprint density at radius 3 is 2.59 bits per heavy atom. The monoisotopic (exact) mass is 254 g/mol. The molecule has 17 heavy (non-hydrogen) atoms. The van der Waals surface area contributed by atoms with E-state index in [1.165, 1.54) is 23.4 Å². The lowest BCUT2D eigenvalue weighted by molar-refractivity contribution is 0.296. The molecule has 2 nitrogen and oxygen atoms in total. The van der Waals surface area contributed by atoms with Crippen molar-refractivity contribution in [3.63, 3.8) is 0 Å². The van der Waals surface area contributed by atoms with Gasteiger partial charge >= 0.3 is 0 Å². The van der Waals surface area contributed by atoms with Crippen molar-refractivity contribution >= 4 is 11.3 Å². The number of aryl methyl sites for hydroxylation is 1. The molecular formula is C14H26N2S. The molecule has 0 bridgehead atoms.